The van der Waals surface area contributed by atoms with Crippen LogP contribution in [0.2, 0.25) is 0 Å². The summed E-state index contributed by atoms with van der Waals surface area (Å²) in [4.78, 5) is 11.1. The van der Waals surface area contributed by atoms with Gasteiger partial charge < -0.3 is 4.74 Å². The van der Waals surface area contributed by atoms with Crippen molar-refractivity contribution in [2.24, 2.45) is 0 Å². The molecule has 0 aromatic heterocycles. The van der Waals surface area contributed by atoms with Gasteiger partial charge >= 0.3 is 6.61 Å². The van der Waals surface area contributed by atoms with Gasteiger partial charge in [0.15, 0.2) is 0 Å². The van der Waals surface area contributed by atoms with E-state index in [-0.39, 0.29) is 11.3 Å². The number of carbonyl (C=O) groups is 1. The summed E-state index contributed by atoms with van der Waals surface area (Å²) in [5.41, 5.74) is -0.0642. The maximum atomic E-state index is 12.2. The maximum absolute atomic E-state index is 12.2. The van der Waals surface area contributed by atoms with Crippen molar-refractivity contribution in [3.63, 3.8) is 0 Å². The number of benzene rings is 2. The molecule has 0 bridgehead atoms. The summed E-state index contributed by atoms with van der Waals surface area (Å²) in [6.45, 7) is -2.99. The number of fused-ring (bicyclic) bond motifs is 1. The van der Waals surface area contributed by atoms with Gasteiger partial charge in [0.05, 0.1) is 5.56 Å². The standard InChI is InChI=1S/C12H7ClF2O2/c13-11(16)9-5-7-3-1-2-4-8(7)6-10(9)17-12(14)15/h1-6,12H. The predicted octanol–water partition coefficient (Wildman–Crippen LogP) is 3.82. The Bertz CT molecular complexity index is 569. The van der Waals surface area contributed by atoms with E-state index in [0.717, 1.165) is 5.39 Å². The third-order valence-corrected chi connectivity index (χ3v) is 2.48. The molecule has 0 spiro atoms. The normalized spacial score (nSPS) is 10.8. The highest BCUT2D eigenvalue weighted by molar-refractivity contribution is 6.68. The molecule has 2 rings (SSSR count). The fourth-order valence-corrected chi connectivity index (χ4v) is 1.71. The zero-order valence-corrected chi connectivity index (χ0v) is 9.25. The second-order valence-electron chi connectivity index (χ2n) is 3.35. The van der Waals surface area contributed by atoms with E-state index >= 15 is 0 Å². The van der Waals surface area contributed by atoms with Crippen LogP contribution in [-0.4, -0.2) is 11.9 Å². The first kappa shape index (κ1) is 11.8. The molecular formula is C12H7ClF2O2. The van der Waals surface area contributed by atoms with E-state index in [4.69, 9.17) is 11.6 Å². The molecule has 0 aliphatic carbocycles. The van der Waals surface area contributed by atoms with Crippen molar-refractivity contribution in [3.8, 4) is 5.75 Å². The van der Waals surface area contributed by atoms with E-state index in [0.29, 0.717) is 5.39 Å². The fraction of sp³-hybridized carbons (Fsp3) is 0.0833. The second kappa shape index (κ2) is 4.67. The largest absolute Gasteiger partial charge is 0.434 e. The van der Waals surface area contributed by atoms with Crippen molar-refractivity contribution in [3.05, 3.63) is 42.0 Å². The minimum absolute atomic E-state index is 0.0642. The van der Waals surface area contributed by atoms with Crippen LogP contribution in [0.15, 0.2) is 36.4 Å². The van der Waals surface area contributed by atoms with Gasteiger partial charge in [-0.2, -0.15) is 8.78 Å². The topological polar surface area (TPSA) is 26.3 Å². The number of halogens is 3. The average molecular weight is 257 g/mol. The molecule has 0 aliphatic heterocycles. The van der Waals surface area contributed by atoms with Crippen LogP contribution in [0.4, 0.5) is 8.78 Å². The van der Waals surface area contributed by atoms with E-state index in [2.05, 4.69) is 4.74 Å². The fourth-order valence-electron chi connectivity index (χ4n) is 1.57. The summed E-state index contributed by atoms with van der Waals surface area (Å²) in [5.74, 6) is -0.210. The molecule has 0 unspecified atom stereocenters. The van der Waals surface area contributed by atoms with Crippen molar-refractivity contribution in [2.45, 2.75) is 6.61 Å². The molecule has 0 atom stereocenters. The molecule has 0 N–H and O–H groups in total. The molecule has 17 heavy (non-hydrogen) atoms. The number of rotatable bonds is 3. The lowest BCUT2D eigenvalue weighted by Crippen LogP contribution is -2.05. The Morgan fingerprint density at radius 2 is 1.76 bits per heavy atom. The quantitative estimate of drug-likeness (QED) is 0.781. The minimum atomic E-state index is -2.99. The second-order valence-corrected chi connectivity index (χ2v) is 3.69. The molecule has 2 aromatic rings. The molecule has 0 radical (unpaired) electrons. The van der Waals surface area contributed by atoms with E-state index in [1.807, 2.05) is 0 Å². The molecule has 88 valence electrons. The Labute approximate surface area is 101 Å². The lowest BCUT2D eigenvalue weighted by Gasteiger charge is -2.09. The van der Waals surface area contributed by atoms with E-state index in [9.17, 15) is 13.6 Å². The maximum Gasteiger partial charge on any atom is 0.387 e. The van der Waals surface area contributed by atoms with Crippen LogP contribution in [0.1, 0.15) is 10.4 Å². The van der Waals surface area contributed by atoms with Crippen LogP contribution in [0.25, 0.3) is 10.8 Å². The highest BCUT2D eigenvalue weighted by Crippen LogP contribution is 2.28. The summed E-state index contributed by atoms with van der Waals surface area (Å²) in [5, 5.41) is 0.606. The summed E-state index contributed by atoms with van der Waals surface area (Å²) < 4.78 is 28.7. The number of hydrogen-bond donors (Lipinski definition) is 0. The van der Waals surface area contributed by atoms with Crippen LogP contribution < -0.4 is 4.74 Å². The molecule has 2 nitrogen and oxygen atoms in total. The zero-order chi connectivity index (χ0) is 12.4. The van der Waals surface area contributed by atoms with Crippen molar-refractivity contribution in [2.75, 3.05) is 0 Å². The molecule has 0 fully saturated rings. The van der Waals surface area contributed by atoms with Crippen molar-refractivity contribution in [1.82, 2.24) is 0 Å². The number of carbonyl (C=O) groups excluding carboxylic acids is 1. The van der Waals surface area contributed by atoms with Crippen LogP contribution in [0.3, 0.4) is 0 Å². The first-order valence-electron chi connectivity index (χ1n) is 4.75. The van der Waals surface area contributed by atoms with Crippen molar-refractivity contribution < 1.29 is 18.3 Å². The Morgan fingerprint density at radius 3 is 2.29 bits per heavy atom. The predicted molar refractivity (Wildman–Crippen MR) is 60.8 cm³/mol. The third-order valence-electron chi connectivity index (χ3n) is 2.28. The van der Waals surface area contributed by atoms with E-state index < -0.39 is 11.9 Å². The Balaban J connectivity index is 2.62. The first-order chi connectivity index (χ1) is 8.08. The van der Waals surface area contributed by atoms with Crippen molar-refractivity contribution >= 4 is 27.6 Å². The number of hydrogen-bond acceptors (Lipinski definition) is 2. The highest BCUT2D eigenvalue weighted by Gasteiger charge is 2.15. The molecule has 0 saturated carbocycles. The van der Waals surface area contributed by atoms with Crippen molar-refractivity contribution in [1.29, 1.82) is 0 Å². The van der Waals surface area contributed by atoms with E-state index in [1.165, 1.54) is 12.1 Å². The molecule has 2 aromatic carbocycles. The molecule has 0 heterocycles. The van der Waals surface area contributed by atoms with Gasteiger partial charge in [0.1, 0.15) is 5.75 Å². The zero-order valence-electron chi connectivity index (χ0n) is 8.49. The van der Waals surface area contributed by atoms with Gasteiger partial charge in [-0.15, -0.1) is 0 Å². The van der Waals surface area contributed by atoms with Crippen LogP contribution in [0, 0.1) is 0 Å². The van der Waals surface area contributed by atoms with Crippen LogP contribution in [-0.2, 0) is 0 Å². The number of alkyl halides is 2. The Morgan fingerprint density at radius 1 is 1.18 bits per heavy atom. The smallest absolute Gasteiger partial charge is 0.387 e. The Kier molecular flexibility index (Phi) is 3.24. The molecule has 0 amide bonds. The Hall–Kier alpha value is -1.68. The SMILES string of the molecule is O=C(Cl)c1cc2ccccc2cc1OC(F)F. The molecule has 0 aliphatic rings. The monoisotopic (exact) mass is 256 g/mol. The average Bonchev–Trinajstić information content (AvgIpc) is 2.27. The lowest BCUT2D eigenvalue weighted by molar-refractivity contribution is -0.0500. The first-order valence-corrected chi connectivity index (χ1v) is 5.13. The summed E-state index contributed by atoms with van der Waals surface area (Å²) in [6.07, 6.45) is 0. The highest BCUT2D eigenvalue weighted by atomic mass is 35.5. The minimum Gasteiger partial charge on any atom is -0.434 e. The van der Waals surface area contributed by atoms with Crippen LogP contribution >= 0.6 is 11.6 Å². The summed E-state index contributed by atoms with van der Waals surface area (Å²) in [6, 6.07) is 9.83. The van der Waals surface area contributed by atoms with E-state index in [1.54, 1.807) is 24.3 Å². The molecule has 5 heteroatoms. The molecule has 0 saturated heterocycles. The summed E-state index contributed by atoms with van der Waals surface area (Å²) in [7, 11) is 0. The lowest BCUT2D eigenvalue weighted by atomic mass is 10.1. The van der Waals surface area contributed by atoms with Gasteiger partial charge in [0.25, 0.3) is 5.24 Å². The molecular weight excluding hydrogens is 250 g/mol. The summed E-state index contributed by atoms with van der Waals surface area (Å²) >= 11 is 5.33. The number of ether oxygens (including phenoxy) is 1. The third kappa shape index (κ3) is 2.53. The van der Waals surface area contributed by atoms with Gasteiger partial charge in [0, 0.05) is 0 Å². The van der Waals surface area contributed by atoms with Crippen LogP contribution in [0.5, 0.6) is 5.75 Å². The van der Waals surface area contributed by atoms with Gasteiger partial charge in [-0.3, -0.25) is 4.79 Å². The van der Waals surface area contributed by atoms with Gasteiger partial charge in [0.2, 0.25) is 0 Å². The van der Waals surface area contributed by atoms with Gasteiger partial charge in [-0.1, -0.05) is 24.3 Å². The van der Waals surface area contributed by atoms with Gasteiger partial charge in [-0.05, 0) is 34.5 Å². The van der Waals surface area contributed by atoms with Gasteiger partial charge in [-0.25, -0.2) is 0 Å².